The number of para-hydroxylation sites is 1. The van der Waals surface area contributed by atoms with Crippen LogP contribution >= 0.6 is 0 Å². The summed E-state index contributed by atoms with van der Waals surface area (Å²) in [5.74, 6) is -0.0868. The molecule has 4 nitrogen and oxygen atoms in total. The molecule has 0 atom stereocenters. The number of carbonyl (C=O) groups excluding carboxylic acids is 1. The number of anilines is 2. The van der Waals surface area contributed by atoms with E-state index in [0.717, 1.165) is 11.3 Å². The number of halogens is 1. The van der Waals surface area contributed by atoms with Crippen LogP contribution in [0.5, 0.6) is 5.75 Å². The fourth-order valence-corrected chi connectivity index (χ4v) is 2.38. The van der Waals surface area contributed by atoms with Gasteiger partial charge in [-0.2, -0.15) is 0 Å². The van der Waals surface area contributed by atoms with Gasteiger partial charge >= 0.3 is 0 Å². The van der Waals surface area contributed by atoms with E-state index in [4.69, 9.17) is 4.74 Å². The molecule has 0 aliphatic rings. The van der Waals surface area contributed by atoms with E-state index in [1.165, 1.54) is 12.1 Å². The van der Waals surface area contributed by atoms with Gasteiger partial charge in [0.05, 0.1) is 12.2 Å². The molecule has 3 aromatic carbocycles. The number of nitrogens with one attached hydrogen (secondary N) is 2. The molecule has 1 amide bonds. The molecule has 132 valence electrons. The molecular formula is C21H19FN2O2. The van der Waals surface area contributed by atoms with Crippen molar-refractivity contribution in [2.24, 2.45) is 0 Å². The Labute approximate surface area is 151 Å². The van der Waals surface area contributed by atoms with Crippen molar-refractivity contribution >= 4 is 17.3 Å². The highest BCUT2D eigenvalue weighted by atomic mass is 19.1. The van der Waals surface area contributed by atoms with E-state index in [2.05, 4.69) is 10.6 Å². The van der Waals surface area contributed by atoms with Crippen LogP contribution in [0.1, 0.15) is 5.56 Å². The molecular weight excluding hydrogens is 331 g/mol. The summed E-state index contributed by atoms with van der Waals surface area (Å²) in [6, 6.07) is 23.3. The Kier molecular flexibility index (Phi) is 5.83. The minimum atomic E-state index is -0.461. The SMILES string of the molecule is O=C(CNc1cccc(OCc2ccccc2)c1)Nc1ccccc1F. The van der Waals surface area contributed by atoms with Crippen molar-refractivity contribution in [1.29, 1.82) is 0 Å². The van der Waals surface area contributed by atoms with Crippen molar-refractivity contribution in [2.45, 2.75) is 6.61 Å². The first-order valence-corrected chi connectivity index (χ1v) is 8.26. The van der Waals surface area contributed by atoms with Gasteiger partial charge in [-0.25, -0.2) is 4.39 Å². The third kappa shape index (κ3) is 5.08. The molecule has 3 rings (SSSR count). The maximum absolute atomic E-state index is 13.5. The van der Waals surface area contributed by atoms with E-state index < -0.39 is 5.82 Å². The van der Waals surface area contributed by atoms with Crippen molar-refractivity contribution in [1.82, 2.24) is 0 Å². The smallest absolute Gasteiger partial charge is 0.243 e. The fourth-order valence-electron chi connectivity index (χ4n) is 2.38. The molecule has 0 aliphatic carbocycles. The largest absolute Gasteiger partial charge is 0.489 e. The summed E-state index contributed by atoms with van der Waals surface area (Å²) in [6.07, 6.45) is 0. The van der Waals surface area contributed by atoms with Gasteiger partial charge in [-0.15, -0.1) is 0 Å². The van der Waals surface area contributed by atoms with Crippen molar-refractivity contribution < 1.29 is 13.9 Å². The molecule has 0 heterocycles. The lowest BCUT2D eigenvalue weighted by Gasteiger charge is -2.11. The Morgan fingerprint density at radius 2 is 1.69 bits per heavy atom. The molecule has 0 aliphatic heterocycles. The van der Waals surface area contributed by atoms with E-state index in [-0.39, 0.29) is 18.1 Å². The summed E-state index contributed by atoms with van der Waals surface area (Å²) in [6.45, 7) is 0.495. The summed E-state index contributed by atoms with van der Waals surface area (Å²) in [5, 5.41) is 5.54. The number of hydrogen-bond acceptors (Lipinski definition) is 3. The quantitative estimate of drug-likeness (QED) is 0.662. The molecule has 0 fully saturated rings. The Balaban J connectivity index is 1.52. The van der Waals surface area contributed by atoms with Gasteiger partial charge in [0.15, 0.2) is 0 Å². The summed E-state index contributed by atoms with van der Waals surface area (Å²) in [5.41, 5.74) is 1.99. The van der Waals surface area contributed by atoms with Crippen LogP contribution in [0.4, 0.5) is 15.8 Å². The molecule has 0 saturated heterocycles. The predicted molar refractivity (Wildman–Crippen MR) is 101 cm³/mol. The maximum atomic E-state index is 13.5. The van der Waals surface area contributed by atoms with Crippen LogP contribution in [0.15, 0.2) is 78.9 Å². The second-order valence-corrected chi connectivity index (χ2v) is 5.68. The van der Waals surface area contributed by atoms with Crippen LogP contribution in [0, 0.1) is 5.82 Å². The van der Waals surface area contributed by atoms with Crippen LogP contribution in [0.3, 0.4) is 0 Å². The van der Waals surface area contributed by atoms with E-state index >= 15 is 0 Å². The maximum Gasteiger partial charge on any atom is 0.243 e. The molecule has 0 saturated carbocycles. The van der Waals surface area contributed by atoms with Gasteiger partial charge in [0.2, 0.25) is 5.91 Å². The molecule has 2 N–H and O–H groups in total. The fraction of sp³-hybridized carbons (Fsp3) is 0.0952. The molecule has 0 bridgehead atoms. The van der Waals surface area contributed by atoms with Gasteiger partial charge in [0.1, 0.15) is 18.2 Å². The monoisotopic (exact) mass is 350 g/mol. The lowest BCUT2D eigenvalue weighted by molar-refractivity contribution is -0.114. The lowest BCUT2D eigenvalue weighted by Crippen LogP contribution is -2.22. The highest BCUT2D eigenvalue weighted by Gasteiger charge is 2.06. The molecule has 26 heavy (non-hydrogen) atoms. The minimum absolute atomic E-state index is 0.0243. The molecule has 5 heteroatoms. The number of hydrogen-bond donors (Lipinski definition) is 2. The van der Waals surface area contributed by atoms with E-state index in [0.29, 0.717) is 12.4 Å². The van der Waals surface area contributed by atoms with Crippen LogP contribution in [-0.4, -0.2) is 12.5 Å². The normalized spacial score (nSPS) is 10.2. The van der Waals surface area contributed by atoms with Crippen LogP contribution < -0.4 is 15.4 Å². The van der Waals surface area contributed by atoms with Crippen molar-refractivity contribution in [2.75, 3.05) is 17.2 Å². The number of ether oxygens (including phenoxy) is 1. The first kappa shape index (κ1) is 17.5. The zero-order valence-electron chi connectivity index (χ0n) is 14.1. The predicted octanol–water partition coefficient (Wildman–Crippen LogP) is 4.46. The highest BCUT2D eigenvalue weighted by molar-refractivity contribution is 5.93. The van der Waals surface area contributed by atoms with Crippen LogP contribution in [0.2, 0.25) is 0 Å². The Morgan fingerprint density at radius 3 is 2.50 bits per heavy atom. The standard InChI is InChI=1S/C21H19FN2O2/c22-19-11-4-5-12-20(19)24-21(25)14-23-17-9-6-10-18(13-17)26-15-16-7-2-1-3-8-16/h1-13,23H,14-15H2,(H,24,25). The van der Waals surface area contributed by atoms with Gasteiger partial charge in [-0.3, -0.25) is 4.79 Å². The Bertz CT molecular complexity index is 869. The Hall–Kier alpha value is -3.34. The van der Waals surface area contributed by atoms with E-state index in [9.17, 15) is 9.18 Å². The summed E-state index contributed by atoms with van der Waals surface area (Å²) in [4.78, 5) is 12.0. The van der Waals surface area contributed by atoms with Crippen LogP contribution in [-0.2, 0) is 11.4 Å². The Morgan fingerprint density at radius 1 is 0.923 bits per heavy atom. The minimum Gasteiger partial charge on any atom is -0.489 e. The van der Waals surface area contributed by atoms with E-state index in [1.807, 2.05) is 54.6 Å². The number of amides is 1. The second-order valence-electron chi connectivity index (χ2n) is 5.68. The average molecular weight is 350 g/mol. The van der Waals surface area contributed by atoms with Gasteiger partial charge in [-0.1, -0.05) is 48.5 Å². The third-order valence-corrected chi connectivity index (χ3v) is 3.68. The van der Waals surface area contributed by atoms with Gasteiger partial charge < -0.3 is 15.4 Å². The average Bonchev–Trinajstić information content (AvgIpc) is 2.68. The number of carbonyl (C=O) groups is 1. The molecule has 0 aromatic heterocycles. The van der Waals surface area contributed by atoms with Crippen LogP contribution in [0.25, 0.3) is 0 Å². The molecule has 0 unspecified atom stereocenters. The third-order valence-electron chi connectivity index (χ3n) is 3.68. The molecule has 0 radical (unpaired) electrons. The van der Waals surface area contributed by atoms with Gasteiger partial charge in [-0.05, 0) is 29.8 Å². The number of rotatable bonds is 7. The lowest BCUT2D eigenvalue weighted by atomic mass is 10.2. The molecule has 0 spiro atoms. The van der Waals surface area contributed by atoms with Crippen molar-refractivity contribution in [3.05, 3.63) is 90.2 Å². The zero-order chi connectivity index (χ0) is 18.2. The number of benzene rings is 3. The topological polar surface area (TPSA) is 50.4 Å². The zero-order valence-corrected chi connectivity index (χ0v) is 14.1. The van der Waals surface area contributed by atoms with Crippen molar-refractivity contribution in [3.63, 3.8) is 0 Å². The van der Waals surface area contributed by atoms with Gasteiger partial charge in [0.25, 0.3) is 0 Å². The highest BCUT2D eigenvalue weighted by Crippen LogP contribution is 2.19. The van der Waals surface area contributed by atoms with Crippen molar-refractivity contribution in [3.8, 4) is 5.75 Å². The molecule has 3 aromatic rings. The first-order valence-electron chi connectivity index (χ1n) is 8.26. The summed E-state index contributed by atoms with van der Waals surface area (Å²) >= 11 is 0. The van der Waals surface area contributed by atoms with Gasteiger partial charge in [0, 0.05) is 11.8 Å². The second kappa shape index (κ2) is 8.67. The summed E-state index contributed by atoms with van der Waals surface area (Å²) < 4.78 is 19.3. The first-order chi connectivity index (χ1) is 12.7. The summed E-state index contributed by atoms with van der Waals surface area (Å²) in [7, 11) is 0. The van der Waals surface area contributed by atoms with E-state index in [1.54, 1.807) is 12.1 Å².